The summed E-state index contributed by atoms with van der Waals surface area (Å²) in [5.74, 6) is -1.53. The van der Waals surface area contributed by atoms with Gasteiger partial charge in [-0.25, -0.2) is 0 Å². The van der Waals surface area contributed by atoms with E-state index < -0.39 is 23.3 Å². The summed E-state index contributed by atoms with van der Waals surface area (Å²) in [7, 11) is 0. The van der Waals surface area contributed by atoms with Gasteiger partial charge in [-0.1, -0.05) is 25.1 Å². The van der Waals surface area contributed by atoms with Crippen LogP contribution in [0.25, 0.3) is 0 Å². The van der Waals surface area contributed by atoms with Crippen LogP contribution >= 0.6 is 0 Å². The molecule has 0 aromatic heterocycles. The Labute approximate surface area is 122 Å². The highest BCUT2D eigenvalue weighted by Gasteiger charge is 2.24. The van der Waals surface area contributed by atoms with E-state index in [1.165, 1.54) is 23.1 Å². The lowest BCUT2D eigenvalue weighted by Gasteiger charge is -2.27. The zero-order valence-corrected chi connectivity index (χ0v) is 12.0. The number of nitrogens with zero attached hydrogens (tertiary/aromatic N) is 2. The van der Waals surface area contributed by atoms with E-state index in [0.29, 0.717) is 6.42 Å². The lowest BCUT2D eigenvalue weighted by Crippen LogP contribution is -2.42. The van der Waals surface area contributed by atoms with E-state index in [2.05, 4.69) is 0 Å². The fraction of sp³-hybridized carbons (Fsp3) is 0.429. The molecule has 1 unspecified atom stereocenters. The lowest BCUT2D eigenvalue weighted by molar-refractivity contribution is -0.385. The van der Waals surface area contributed by atoms with Crippen molar-refractivity contribution in [3.63, 3.8) is 0 Å². The first kappa shape index (κ1) is 16.6. The van der Waals surface area contributed by atoms with Gasteiger partial charge in [0.25, 0.3) is 5.69 Å². The Kier molecular flexibility index (Phi) is 5.83. The van der Waals surface area contributed by atoms with Crippen LogP contribution in [-0.2, 0) is 16.0 Å². The van der Waals surface area contributed by atoms with Crippen LogP contribution in [0.4, 0.5) is 5.69 Å². The van der Waals surface area contributed by atoms with Crippen LogP contribution < -0.4 is 0 Å². The van der Waals surface area contributed by atoms with Crippen molar-refractivity contribution < 1.29 is 19.6 Å². The molecule has 0 aliphatic rings. The summed E-state index contributed by atoms with van der Waals surface area (Å²) in [4.78, 5) is 34.7. The number of nitro groups is 1. The quantitative estimate of drug-likeness (QED) is 0.611. The number of carboxylic acid groups (broad SMARTS) is 1. The molecule has 0 aliphatic heterocycles. The molecule has 0 saturated heterocycles. The van der Waals surface area contributed by atoms with E-state index in [-0.39, 0.29) is 23.7 Å². The fourth-order valence-electron chi connectivity index (χ4n) is 1.96. The average Bonchev–Trinajstić information content (AvgIpc) is 2.44. The molecule has 21 heavy (non-hydrogen) atoms. The van der Waals surface area contributed by atoms with Crippen molar-refractivity contribution in [1.82, 2.24) is 4.90 Å². The number of carbonyl (C=O) groups excluding carboxylic acids is 1. The van der Waals surface area contributed by atoms with Gasteiger partial charge in [0, 0.05) is 17.7 Å². The summed E-state index contributed by atoms with van der Waals surface area (Å²) >= 11 is 0. The molecular weight excluding hydrogens is 276 g/mol. The Morgan fingerprint density at radius 1 is 1.38 bits per heavy atom. The Morgan fingerprint density at radius 2 is 2.00 bits per heavy atom. The van der Waals surface area contributed by atoms with Crippen LogP contribution in [0, 0.1) is 10.1 Å². The Bertz CT molecular complexity index is 544. The molecule has 1 atom stereocenters. The number of rotatable bonds is 7. The third kappa shape index (κ3) is 4.55. The van der Waals surface area contributed by atoms with E-state index >= 15 is 0 Å². The molecule has 7 nitrogen and oxygen atoms in total. The summed E-state index contributed by atoms with van der Waals surface area (Å²) in [5, 5.41) is 19.8. The SMILES string of the molecule is CCC(C)N(CC(=O)O)C(=O)Cc1ccccc1[N+](=O)[O-]. The van der Waals surface area contributed by atoms with Crippen LogP contribution in [0.2, 0.25) is 0 Å². The van der Waals surface area contributed by atoms with Crippen molar-refractivity contribution >= 4 is 17.6 Å². The van der Waals surface area contributed by atoms with Crippen LogP contribution in [0.5, 0.6) is 0 Å². The minimum atomic E-state index is -1.11. The highest BCUT2D eigenvalue weighted by Crippen LogP contribution is 2.19. The molecule has 0 saturated carbocycles. The van der Waals surface area contributed by atoms with Gasteiger partial charge < -0.3 is 10.0 Å². The van der Waals surface area contributed by atoms with Crippen molar-refractivity contribution in [2.75, 3.05) is 6.54 Å². The van der Waals surface area contributed by atoms with Crippen molar-refractivity contribution in [3.05, 3.63) is 39.9 Å². The van der Waals surface area contributed by atoms with Gasteiger partial charge in [-0.05, 0) is 13.3 Å². The minimum Gasteiger partial charge on any atom is -0.480 e. The van der Waals surface area contributed by atoms with Gasteiger partial charge >= 0.3 is 5.97 Å². The van der Waals surface area contributed by atoms with Gasteiger partial charge in [0.05, 0.1) is 11.3 Å². The molecule has 0 radical (unpaired) electrons. The van der Waals surface area contributed by atoms with E-state index in [4.69, 9.17) is 5.11 Å². The first-order chi connectivity index (χ1) is 9.86. The second-order valence-electron chi connectivity index (χ2n) is 4.74. The fourth-order valence-corrected chi connectivity index (χ4v) is 1.96. The van der Waals surface area contributed by atoms with Crippen molar-refractivity contribution in [3.8, 4) is 0 Å². The zero-order valence-electron chi connectivity index (χ0n) is 12.0. The standard InChI is InChI=1S/C14H18N2O5/c1-3-10(2)15(9-14(18)19)13(17)8-11-6-4-5-7-12(11)16(20)21/h4-7,10H,3,8-9H2,1-2H3,(H,18,19). The van der Waals surface area contributed by atoms with Gasteiger partial charge in [-0.3, -0.25) is 19.7 Å². The third-order valence-corrected chi connectivity index (χ3v) is 3.28. The number of nitro benzene ring substituents is 1. The Hall–Kier alpha value is -2.44. The lowest BCUT2D eigenvalue weighted by atomic mass is 10.1. The molecule has 0 bridgehead atoms. The molecule has 0 heterocycles. The maximum atomic E-state index is 12.3. The minimum absolute atomic E-state index is 0.134. The van der Waals surface area contributed by atoms with Gasteiger partial charge in [0.2, 0.25) is 5.91 Å². The molecule has 1 N–H and O–H groups in total. The zero-order chi connectivity index (χ0) is 16.0. The molecule has 114 valence electrons. The Balaban J connectivity index is 2.96. The monoisotopic (exact) mass is 294 g/mol. The summed E-state index contributed by atoms with van der Waals surface area (Å²) < 4.78 is 0. The van der Waals surface area contributed by atoms with Crippen LogP contribution in [-0.4, -0.2) is 39.4 Å². The number of hydrogen-bond donors (Lipinski definition) is 1. The molecule has 1 amide bonds. The molecule has 1 aromatic rings. The molecule has 0 aliphatic carbocycles. The number of carboxylic acids is 1. The van der Waals surface area contributed by atoms with E-state index in [1.54, 1.807) is 13.0 Å². The maximum absolute atomic E-state index is 12.3. The van der Waals surface area contributed by atoms with Gasteiger partial charge in [0.15, 0.2) is 0 Å². The number of benzene rings is 1. The Morgan fingerprint density at radius 3 is 2.52 bits per heavy atom. The second kappa shape index (κ2) is 7.37. The largest absolute Gasteiger partial charge is 0.480 e. The maximum Gasteiger partial charge on any atom is 0.323 e. The van der Waals surface area contributed by atoms with Crippen molar-refractivity contribution in [2.24, 2.45) is 0 Å². The normalized spacial score (nSPS) is 11.7. The number of aliphatic carboxylic acids is 1. The van der Waals surface area contributed by atoms with Crippen LogP contribution in [0.3, 0.4) is 0 Å². The summed E-state index contributed by atoms with van der Waals surface area (Å²) in [5.41, 5.74) is 0.150. The highest BCUT2D eigenvalue weighted by molar-refractivity contribution is 5.84. The van der Waals surface area contributed by atoms with Gasteiger partial charge in [-0.2, -0.15) is 0 Å². The molecule has 1 aromatic carbocycles. The van der Waals surface area contributed by atoms with Crippen LogP contribution in [0.1, 0.15) is 25.8 Å². The smallest absolute Gasteiger partial charge is 0.323 e. The van der Waals surface area contributed by atoms with Gasteiger partial charge in [-0.15, -0.1) is 0 Å². The topological polar surface area (TPSA) is 101 Å². The van der Waals surface area contributed by atoms with Crippen molar-refractivity contribution in [1.29, 1.82) is 0 Å². The number of carbonyl (C=O) groups is 2. The molecule has 1 rings (SSSR count). The average molecular weight is 294 g/mol. The summed E-state index contributed by atoms with van der Waals surface area (Å²) in [6, 6.07) is 5.73. The number of amides is 1. The van der Waals surface area contributed by atoms with Gasteiger partial charge in [0.1, 0.15) is 6.54 Å². The van der Waals surface area contributed by atoms with Crippen molar-refractivity contribution in [2.45, 2.75) is 32.7 Å². The molecule has 0 fully saturated rings. The second-order valence-corrected chi connectivity index (χ2v) is 4.74. The first-order valence-electron chi connectivity index (χ1n) is 6.60. The van der Waals surface area contributed by atoms with E-state index in [9.17, 15) is 19.7 Å². The third-order valence-electron chi connectivity index (χ3n) is 3.28. The number of para-hydroxylation sites is 1. The molecule has 0 spiro atoms. The van der Waals surface area contributed by atoms with E-state index in [1.807, 2.05) is 6.92 Å². The first-order valence-corrected chi connectivity index (χ1v) is 6.60. The predicted molar refractivity (Wildman–Crippen MR) is 75.9 cm³/mol. The van der Waals surface area contributed by atoms with E-state index in [0.717, 1.165) is 0 Å². The summed E-state index contributed by atoms with van der Waals surface area (Å²) in [6.07, 6.45) is 0.421. The number of hydrogen-bond acceptors (Lipinski definition) is 4. The van der Waals surface area contributed by atoms with Crippen LogP contribution in [0.15, 0.2) is 24.3 Å². The molecular formula is C14H18N2O5. The summed E-state index contributed by atoms with van der Waals surface area (Å²) in [6.45, 7) is 3.19. The molecule has 7 heteroatoms. The predicted octanol–water partition coefficient (Wildman–Crippen LogP) is 1.85. The highest BCUT2D eigenvalue weighted by atomic mass is 16.6.